The summed E-state index contributed by atoms with van der Waals surface area (Å²) in [5, 5.41) is 3.45. The van der Waals surface area contributed by atoms with Crippen LogP contribution in [0.25, 0.3) is 0 Å². The molecule has 0 amide bonds. The predicted octanol–water partition coefficient (Wildman–Crippen LogP) is 4.05. The summed E-state index contributed by atoms with van der Waals surface area (Å²) < 4.78 is 0. The Morgan fingerprint density at radius 2 is 1.78 bits per heavy atom. The first kappa shape index (κ1) is 14.8. The Labute approximate surface area is 112 Å². The molecule has 0 aromatic heterocycles. The van der Waals surface area contributed by atoms with Crippen molar-refractivity contribution in [1.82, 2.24) is 5.32 Å². The van der Waals surface area contributed by atoms with Gasteiger partial charge in [0.05, 0.1) is 6.04 Å². The summed E-state index contributed by atoms with van der Waals surface area (Å²) in [6.45, 7) is 11.0. The molecular weight excluding hydrogens is 218 g/mol. The van der Waals surface area contributed by atoms with Gasteiger partial charge < -0.3 is 0 Å². The van der Waals surface area contributed by atoms with Crippen LogP contribution < -0.4 is 5.32 Å². The van der Waals surface area contributed by atoms with Crippen molar-refractivity contribution in [3.63, 3.8) is 0 Å². The standard InChI is InChI=1S/C17H25N/c1-7-16(8-2)18-13(3)14-9-11-15(12-10-14)17(4,5)6/h1,9-13,16,18H,8H2,2-6H3. The fraction of sp³-hybridized carbons (Fsp3) is 0.529. The number of terminal acetylenes is 1. The monoisotopic (exact) mass is 243 g/mol. The average Bonchev–Trinajstić information content (AvgIpc) is 2.34. The molecule has 1 nitrogen and oxygen atoms in total. The first-order valence-electron chi connectivity index (χ1n) is 6.71. The zero-order valence-corrected chi connectivity index (χ0v) is 12.2. The van der Waals surface area contributed by atoms with Crippen molar-refractivity contribution in [3.05, 3.63) is 35.4 Å². The SMILES string of the molecule is C#CC(CC)NC(C)c1ccc(C(C)(C)C)cc1. The lowest BCUT2D eigenvalue weighted by Gasteiger charge is -2.22. The predicted molar refractivity (Wildman–Crippen MR) is 79.6 cm³/mol. The van der Waals surface area contributed by atoms with Crippen LogP contribution >= 0.6 is 0 Å². The minimum Gasteiger partial charge on any atom is -0.297 e. The highest BCUT2D eigenvalue weighted by Gasteiger charge is 2.14. The van der Waals surface area contributed by atoms with Gasteiger partial charge in [0.15, 0.2) is 0 Å². The van der Waals surface area contributed by atoms with E-state index in [2.05, 4.69) is 70.1 Å². The van der Waals surface area contributed by atoms with E-state index < -0.39 is 0 Å². The molecule has 0 aliphatic rings. The third kappa shape index (κ3) is 3.89. The molecule has 0 aliphatic heterocycles. The molecular formula is C17H25N. The van der Waals surface area contributed by atoms with Gasteiger partial charge in [0.25, 0.3) is 0 Å². The molecule has 0 saturated heterocycles. The Morgan fingerprint density at radius 1 is 1.22 bits per heavy atom. The summed E-state index contributed by atoms with van der Waals surface area (Å²) in [5.74, 6) is 2.78. The molecule has 0 bridgehead atoms. The molecule has 0 heterocycles. The van der Waals surface area contributed by atoms with Crippen molar-refractivity contribution in [1.29, 1.82) is 0 Å². The van der Waals surface area contributed by atoms with Crippen LogP contribution in [0.2, 0.25) is 0 Å². The van der Waals surface area contributed by atoms with Crippen LogP contribution in [0, 0.1) is 12.3 Å². The van der Waals surface area contributed by atoms with Gasteiger partial charge in [-0.2, -0.15) is 0 Å². The van der Waals surface area contributed by atoms with Gasteiger partial charge in [-0.3, -0.25) is 5.32 Å². The zero-order chi connectivity index (χ0) is 13.8. The highest BCUT2D eigenvalue weighted by molar-refractivity contribution is 5.29. The van der Waals surface area contributed by atoms with Gasteiger partial charge in [-0.25, -0.2) is 0 Å². The Morgan fingerprint density at radius 3 is 2.17 bits per heavy atom. The molecule has 0 spiro atoms. The summed E-state index contributed by atoms with van der Waals surface area (Å²) in [7, 11) is 0. The number of benzene rings is 1. The molecule has 1 rings (SSSR count). The maximum absolute atomic E-state index is 5.48. The molecule has 18 heavy (non-hydrogen) atoms. The molecule has 0 saturated carbocycles. The summed E-state index contributed by atoms with van der Waals surface area (Å²) in [5.41, 5.74) is 2.86. The van der Waals surface area contributed by atoms with Crippen LogP contribution in [0.4, 0.5) is 0 Å². The van der Waals surface area contributed by atoms with E-state index in [4.69, 9.17) is 6.42 Å². The fourth-order valence-electron chi connectivity index (χ4n) is 1.95. The van der Waals surface area contributed by atoms with Crippen LogP contribution in [0.5, 0.6) is 0 Å². The maximum atomic E-state index is 5.48. The van der Waals surface area contributed by atoms with E-state index in [0.717, 1.165) is 6.42 Å². The summed E-state index contributed by atoms with van der Waals surface area (Å²) in [6, 6.07) is 9.26. The molecule has 1 heteroatoms. The van der Waals surface area contributed by atoms with E-state index in [9.17, 15) is 0 Å². The Bertz CT molecular complexity index is 403. The van der Waals surface area contributed by atoms with Crippen LogP contribution in [-0.4, -0.2) is 6.04 Å². The topological polar surface area (TPSA) is 12.0 Å². The molecule has 1 aromatic carbocycles. The van der Waals surface area contributed by atoms with Gasteiger partial charge in [-0.05, 0) is 29.9 Å². The van der Waals surface area contributed by atoms with E-state index in [-0.39, 0.29) is 11.5 Å². The Hall–Kier alpha value is -1.26. The number of nitrogens with one attached hydrogen (secondary N) is 1. The first-order chi connectivity index (χ1) is 8.38. The second kappa shape index (κ2) is 6.07. The van der Waals surface area contributed by atoms with E-state index in [1.165, 1.54) is 11.1 Å². The van der Waals surface area contributed by atoms with E-state index in [0.29, 0.717) is 6.04 Å². The van der Waals surface area contributed by atoms with Gasteiger partial charge in [0.1, 0.15) is 0 Å². The third-order valence-corrected chi connectivity index (χ3v) is 3.34. The van der Waals surface area contributed by atoms with Crippen molar-refractivity contribution < 1.29 is 0 Å². The third-order valence-electron chi connectivity index (χ3n) is 3.34. The van der Waals surface area contributed by atoms with Gasteiger partial charge in [0.2, 0.25) is 0 Å². The van der Waals surface area contributed by atoms with E-state index in [1.54, 1.807) is 0 Å². The fourth-order valence-corrected chi connectivity index (χ4v) is 1.95. The smallest absolute Gasteiger partial charge is 0.0688 e. The highest BCUT2D eigenvalue weighted by atomic mass is 14.9. The van der Waals surface area contributed by atoms with Crippen LogP contribution in [-0.2, 0) is 5.41 Å². The molecule has 0 radical (unpaired) electrons. The van der Waals surface area contributed by atoms with Crippen molar-refractivity contribution in [2.45, 2.75) is 58.5 Å². The lowest BCUT2D eigenvalue weighted by molar-refractivity contribution is 0.511. The van der Waals surface area contributed by atoms with Crippen LogP contribution in [0.3, 0.4) is 0 Å². The van der Waals surface area contributed by atoms with Gasteiger partial charge in [-0.15, -0.1) is 6.42 Å². The van der Waals surface area contributed by atoms with Gasteiger partial charge in [-0.1, -0.05) is 57.9 Å². The maximum Gasteiger partial charge on any atom is 0.0688 e. The van der Waals surface area contributed by atoms with Crippen LogP contribution in [0.1, 0.15) is 58.2 Å². The second-order valence-electron chi connectivity index (χ2n) is 5.89. The second-order valence-corrected chi connectivity index (χ2v) is 5.89. The lowest BCUT2D eigenvalue weighted by atomic mass is 9.86. The quantitative estimate of drug-likeness (QED) is 0.787. The Kier molecular flexibility index (Phi) is 4.99. The van der Waals surface area contributed by atoms with Crippen molar-refractivity contribution in [3.8, 4) is 12.3 Å². The van der Waals surface area contributed by atoms with Gasteiger partial charge >= 0.3 is 0 Å². The molecule has 0 fully saturated rings. The van der Waals surface area contributed by atoms with Gasteiger partial charge in [0, 0.05) is 6.04 Å². The van der Waals surface area contributed by atoms with Crippen molar-refractivity contribution >= 4 is 0 Å². The summed E-state index contributed by atoms with van der Waals surface area (Å²) in [6.07, 6.45) is 6.44. The molecule has 2 unspecified atom stereocenters. The van der Waals surface area contributed by atoms with Crippen LogP contribution in [0.15, 0.2) is 24.3 Å². The summed E-state index contributed by atoms with van der Waals surface area (Å²) >= 11 is 0. The number of rotatable bonds is 4. The largest absolute Gasteiger partial charge is 0.297 e. The Balaban J connectivity index is 2.77. The minimum absolute atomic E-state index is 0.155. The van der Waals surface area contributed by atoms with Crippen molar-refractivity contribution in [2.24, 2.45) is 0 Å². The first-order valence-corrected chi connectivity index (χ1v) is 6.71. The average molecular weight is 243 g/mol. The van der Waals surface area contributed by atoms with E-state index >= 15 is 0 Å². The minimum atomic E-state index is 0.155. The molecule has 2 atom stereocenters. The molecule has 0 aliphatic carbocycles. The number of hydrogen-bond donors (Lipinski definition) is 1. The lowest BCUT2D eigenvalue weighted by Crippen LogP contribution is -2.29. The van der Waals surface area contributed by atoms with E-state index in [1.807, 2.05) is 0 Å². The van der Waals surface area contributed by atoms with Crippen molar-refractivity contribution in [2.75, 3.05) is 0 Å². The zero-order valence-electron chi connectivity index (χ0n) is 12.2. The molecule has 1 aromatic rings. The number of hydrogen-bond acceptors (Lipinski definition) is 1. The molecule has 98 valence electrons. The molecule has 1 N–H and O–H groups in total. The normalized spacial score (nSPS) is 14.9. The highest BCUT2D eigenvalue weighted by Crippen LogP contribution is 2.24. The summed E-state index contributed by atoms with van der Waals surface area (Å²) in [4.78, 5) is 0.